The van der Waals surface area contributed by atoms with E-state index in [9.17, 15) is 4.79 Å². The van der Waals surface area contributed by atoms with Crippen molar-refractivity contribution in [1.29, 1.82) is 0 Å². The van der Waals surface area contributed by atoms with Crippen LogP contribution in [0.3, 0.4) is 0 Å². The van der Waals surface area contributed by atoms with Gasteiger partial charge in [0.05, 0.1) is 5.69 Å². The fourth-order valence-electron chi connectivity index (χ4n) is 3.43. The Morgan fingerprint density at radius 3 is 2.37 bits per heavy atom. The largest absolute Gasteiger partial charge is 0.340 e. The Labute approximate surface area is 158 Å². The van der Waals surface area contributed by atoms with E-state index in [4.69, 9.17) is 4.98 Å². The minimum absolute atomic E-state index is 0.0430. The molecule has 0 aliphatic carbocycles. The van der Waals surface area contributed by atoms with Crippen LogP contribution in [0.1, 0.15) is 5.56 Å². The highest BCUT2D eigenvalue weighted by molar-refractivity contribution is 5.59. The smallest absolute Gasteiger partial charge is 0.255 e. The molecule has 1 saturated heterocycles. The minimum Gasteiger partial charge on any atom is -0.340 e. The molecule has 0 saturated carbocycles. The number of pyridine rings is 1. The Morgan fingerprint density at radius 1 is 0.963 bits per heavy atom. The van der Waals surface area contributed by atoms with Gasteiger partial charge in [-0.2, -0.15) is 0 Å². The number of anilines is 1. The minimum atomic E-state index is -0.0430. The number of benzene rings is 1. The fourth-order valence-corrected chi connectivity index (χ4v) is 3.43. The Hall–Kier alpha value is -2.99. The first-order chi connectivity index (χ1) is 13.2. The predicted octanol–water partition coefficient (Wildman–Crippen LogP) is 2.16. The highest BCUT2D eigenvalue weighted by Gasteiger charge is 2.21. The van der Waals surface area contributed by atoms with Gasteiger partial charge >= 0.3 is 0 Å². The summed E-state index contributed by atoms with van der Waals surface area (Å²) in [4.78, 5) is 25.9. The molecule has 4 rings (SSSR count). The molecule has 0 N–H and O–H groups in total. The average molecular weight is 361 g/mol. The quantitative estimate of drug-likeness (QED) is 0.713. The monoisotopic (exact) mass is 361 g/mol. The third-order valence-electron chi connectivity index (χ3n) is 4.99. The molecular formula is C21H23N5O. The van der Waals surface area contributed by atoms with E-state index in [1.165, 1.54) is 5.56 Å². The van der Waals surface area contributed by atoms with Crippen LogP contribution in [0.15, 0.2) is 65.7 Å². The number of aromatic nitrogens is 3. The van der Waals surface area contributed by atoms with Crippen molar-refractivity contribution in [1.82, 2.24) is 19.4 Å². The van der Waals surface area contributed by atoms with Crippen molar-refractivity contribution >= 4 is 5.95 Å². The maximum atomic E-state index is 12.5. The zero-order valence-electron chi connectivity index (χ0n) is 15.5. The first kappa shape index (κ1) is 17.4. The molecule has 3 heterocycles. The molecule has 1 aliphatic heterocycles. The predicted molar refractivity (Wildman–Crippen MR) is 107 cm³/mol. The van der Waals surface area contributed by atoms with Crippen LogP contribution in [0.4, 0.5) is 5.95 Å². The molecule has 1 fully saturated rings. The number of hydrogen-bond acceptors (Lipinski definition) is 5. The van der Waals surface area contributed by atoms with Crippen LogP contribution >= 0.6 is 0 Å². The zero-order chi connectivity index (χ0) is 18.6. The summed E-state index contributed by atoms with van der Waals surface area (Å²) in [5.41, 5.74) is 2.89. The molecule has 0 radical (unpaired) electrons. The lowest BCUT2D eigenvalue weighted by atomic mass is 10.2. The summed E-state index contributed by atoms with van der Waals surface area (Å²) in [6.45, 7) is 4.56. The average Bonchev–Trinajstić information content (AvgIpc) is 2.72. The molecule has 0 atom stereocenters. The van der Waals surface area contributed by atoms with Crippen LogP contribution in [0.25, 0.3) is 11.3 Å². The van der Waals surface area contributed by atoms with Gasteiger partial charge in [-0.25, -0.2) is 4.98 Å². The topological polar surface area (TPSA) is 54.3 Å². The van der Waals surface area contributed by atoms with Crippen molar-refractivity contribution in [3.63, 3.8) is 0 Å². The number of rotatable bonds is 4. The first-order valence-electron chi connectivity index (χ1n) is 9.20. The van der Waals surface area contributed by atoms with E-state index in [1.807, 2.05) is 18.2 Å². The van der Waals surface area contributed by atoms with Gasteiger partial charge in [0.15, 0.2) is 0 Å². The standard InChI is InChI=1S/C21H23N5O/c1-24-20(27)15-19(18-7-9-22-10-8-18)23-21(24)26-13-11-25(12-14-26)16-17-5-3-2-4-6-17/h2-10,15H,11-14,16H2,1H3. The summed E-state index contributed by atoms with van der Waals surface area (Å²) < 4.78 is 1.64. The van der Waals surface area contributed by atoms with Gasteiger partial charge in [0.2, 0.25) is 5.95 Å². The lowest BCUT2D eigenvalue weighted by molar-refractivity contribution is 0.248. The van der Waals surface area contributed by atoms with E-state index < -0.39 is 0 Å². The van der Waals surface area contributed by atoms with E-state index in [1.54, 1.807) is 30.1 Å². The van der Waals surface area contributed by atoms with Gasteiger partial charge in [-0.3, -0.25) is 19.2 Å². The Kier molecular flexibility index (Phi) is 4.98. The van der Waals surface area contributed by atoms with Crippen molar-refractivity contribution in [2.45, 2.75) is 6.54 Å². The lowest BCUT2D eigenvalue weighted by Crippen LogP contribution is -2.47. The summed E-state index contributed by atoms with van der Waals surface area (Å²) in [6.07, 6.45) is 3.44. The molecule has 1 aliphatic rings. The summed E-state index contributed by atoms with van der Waals surface area (Å²) in [5.74, 6) is 0.730. The van der Waals surface area contributed by atoms with Gasteiger partial charge in [0.25, 0.3) is 5.56 Å². The number of hydrogen-bond donors (Lipinski definition) is 0. The molecule has 27 heavy (non-hydrogen) atoms. The Bertz CT molecular complexity index is 947. The van der Waals surface area contributed by atoms with E-state index in [0.29, 0.717) is 5.69 Å². The van der Waals surface area contributed by atoms with Crippen LogP contribution < -0.4 is 10.5 Å². The molecule has 6 heteroatoms. The molecule has 0 bridgehead atoms. The summed E-state index contributed by atoms with van der Waals surface area (Å²) in [5, 5.41) is 0. The Morgan fingerprint density at radius 2 is 1.67 bits per heavy atom. The van der Waals surface area contributed by atoms with Crippen molar-refractivity contribution in [3.8, 4) is 11.3 Å². The summed E-state index contributed by atoms with van der Waals surface area (Å²) in [6, 6.07) is 15.9. The van der Waals surface area contributed by atoms with Crippen molar-refractivity contribution in [2.75, 3.05) is 31.1 Å². The van der Waals surface area contributed by atoms with E-state index in [0.717, 1.165) is 44.2 Å². The second-order valence-electron chi connectivity index (χ2n) is 6.82. The molecule has 0 amide bonds. The maximum Gasteiger partial charge on any atom is 0.255 e. The van der Waals surface area contributed by atoms with Gasteiger partial charge in [0, 0.05) is 63.8 Å². The van der Waals surface area contributed by atoms with Crippen LogP contribution in [-0.2, 0) is 13.6 Å². The molecule has 138 valence electrons. The molecule has 6 nitrogen and oxygen atoms in total. The van der Waals surface area contributed by atoms with Crippen LogP contribution in [-0.4, -0.2) is 45.6 Å². The molecule has 3 aromatic rings. The van der Waals surface area contributed by atoms with Crippen LogP contribution in [0.2, 0.25) is 0 Å². The SMILES string of the molecule is Cn1c(N2CCN(Cc3ccccc3)CC2)nc(-c2ccncc2)cc1=O. The highest BCUT2D eigenvalue weighted by Crippen LogP contribution is 2.19. The molecule has 2 aromatic heterocycles. The molecule has 1 aromatic carbocycles. The van der Waals surface area contributed by atoms with E-state index in [2.05, 4.69) is 39.0 Å². The van der Waals surface area contributed by atoms with Gasteiger partial charge in [-0.05, 0) is 17.7 Å². The van der Waals surface area contributed by atoms with Crippen molar-refractivity contribution in [2.24, 2.45) is 7.05 Å². The lowest BCUT2D eigenvalue weighted by Gasteiger charge is -2.36. The van der Waals surface area contributed by atoms with Gasteiger partial charge in [-0.15, -0.1) is 0 Å². The number of piperazine rings is 1. The second kappa shape index (κ2) is 7.72. The van der Waals surface area contributed by atoms with Crippen molar-refractivity contribution < 1.29 is 0 Å². The normalized spacial score (nSPS) is 15.1. The van der Waals surface area contributed by atoms with Gasteiger partial charge in [-0.1, -0.05) is 30.3 Å². The fraction of sp³-hybridized carbons (Fsp3) is 0.286. The number of nitrogens with zero attached hydrogens (tertiary/aromatic N) is 5. The van der Waals surface area contributed by atoms with E-state index >= 15 is 0 Å². The summed E-state index contributed by atoms with van der Waals surface area (Å²) >= 11 is 0. The molecular weight excluding hydrogens is 338 g/mol. The van der Waals surface area contributed by atoms with Crippen LogP contribution in [0, 0.1) is 0 Å². The summed E-state index contributed by atoms with van der Waals surface area (Å²) in [7, 11) is 1.79. The van der Waals surface area contributed by atoms with E-state index in [-0.39, 0.29) is 5.56 Å². The van der Waals surface area contributed by atoms with Gasteiger partial charge in [0.1, 0.15) is 0 Å². The van der Waals surface area contributed by atoms with Crippen molar-refractivity contribution in [3.05, 3.63) is 76.8 Å². The highest BCUT2D eigenvalue weighted by atomic mass is 16.1. The second-order valence-corrected chi connectivity index (χ2v) is 6.82. The zero-order valence-corrected chi connectivity index (χ0v) is 15.5. The third-order valence-corrected chi connectivity index (χ3v) is 4.99. The molecule has 0 unspecified atom stereocenters. The Balaban J connectivity index is 1.51. The van der Waals surface area contributed by atoms with Gasteiger partial charge < -0.3 is 4.90 Å². The van der Waals surface area contributed by atoms with Crippen LogP contribution in [0.5, 0.6) is 0 Å². The molecule has 0 spiro atoms. The maximum absolute atomic E-state index is 12.5. The third kappa shape index (κ3) is 3.90. The first-order valence-corrected chi connectivity index (χ1v) is 9.20.